The molecule has 1 fully saturated rings. The number of alkyl halides is 1. The van der Waals surface area contributed by atoms with Crippen LogP contribution in [0.25, 0.3) is 11.2 Å². The Morgan fingerprint density at radius 3 is 3.10 bits per heavy atom. The minimum Gasteiger partial charge on any atom is -0.394 e. The van der Waals surface area contributed by atoms with Gasteiger partial charge < -0.3 is 14.4 Å². The summed E-state index contributed by atoms with van der Waals surface area (Å²) in [4.78, 5) is 12.1. The van der Waals surface area contributed by atoms with Crippen molar-refractivity contribution in [3.63, 3.8) is 0 Å². The minimum absolute atomic E-state index is 0.0577. The Kier molecular flexibility index (Phi) is 3.35. The molecule has 2 aromatic heterocycles. The summed E-state index contributed by atoms with van der Waals surface area (Å²) in [7, 11) is 0. The Morgan fingerprint density at radius 2 is 2.40 bits per heavy atom. The number of halogens is 2. The van der Waals surface area contributed by atoms with Crippen LogP contribution in [0.3, 0.4) is 0 Å². The summed E-state index contributed by atoms with van der Waals surface area (Å²) in [5.41, 5.74) is -0.637. The van der Waals surface area contributed by atoms with Crippen LogP contribution < -0.4 is 0 Å². The molecule has 1 N–H and O–H groups in total. The number of fused-ring (bicyclic) bond motifs is 1. The molecule has 1 aliphatic heterocycles. The highest BCUT2D eigenvalue weighted by Gasteiger charge is 2.46. The topological polar surface area (TPSA) is 73.1 Å². The van der Waals surface area contributed by atoms with Crippen molar-refractivity contribution in [2.45, 2.75) is 31.2 Å². The lowest BCUT2D eigenvalue weighted by Gasteiger charge is -2.26. The molecular formula is C12H14ClFN4O2. The Labute approximate surface area is 119 Å². The lowest BCUT2D eigenvalue weighted by molar-refractivity contribution is 0.0382. The van der Waals surface area contributed by atoms with Crippen LogP contribution >= 0.6 is 11.6 Å². The predicted octanol–water partition coefficient (Wildman–Crippen LogP) is 1.53. The fourth-order valence-electron chi connectivity index (χ4n) is 2.52. The molecule has 0 spiro atoms. The number of hydrogen-bond acceptors (Lipinski definition) is 5. The standard InChI is InChI=1S/C12H14ClFN4O2/c1-7(12(14)2-8(3-19)20-4-12)18-6-17-9-10(13)15-5-16-11(9)18/h5-8,19H,2-4H2,1H3/t7-,8+,12-/m1/s1. The van der Waals surface area contributed by atoms with E-state index in [1.165, 1.54) is 12.7 Å². The van der Waals surface area contributed by atoms with E-state index in [2.05, 4.69) is 15.0 Å². The number of imidazole rings is 1. The molecule has 0 bridgehead atoms. The number of rotatable bonds is 3. The average molecular weight is 301 g/mol. The van der Waals surface area contributed by atoms with Crippen molar-refractivity contribution in [3.8, 4) is 0 Å². The third-order valence-corrected chi connectivity index (χ3v) is 4.09. The van der Waals surface area contributed by atoms with Crippen LogP contribution in [0.1, 0.15) is 19.4 Å². The summed E-state index contributed by atoms with van der Waals surface area (Å²) in [6, 6.07) is -0.532. The van der Waals surface area contributed by atoms with Gasteiger partial charge in [-0.05, 0) is 6.92 Å². The van der Waals surface area contributed by atoms with E-state index in [-0.39, 0.29) is 24.8 Å². The van der Waals surface area contributed by atoms with Gasteiger partial charge in [0.2, 0.25) is 0 Å². The van der Waals surface area contributed by atoms with Gasteiger partial charge in [-0.25, -0.2) is 19.3 Å². The number of aliphatic hydroxyl groups excluding tert-OH is 1. The van der Waals surface area contributed by atoms with E-state index in [1.54, 1.807) is 11.5 Å². The van der Waals surface area contributed by atoms with Crippen molar-refractivity contribution >= 4 is 22.8 Å². The van der Waals surface area contributed by atoms with Crippen molar-refractivity contribution in [1.29, 1.82) is 0 Å². The first kappa shape index (κ1) is 13.7. The molecule has 6 nitrogen and oxygen atoms in total. The molecule has 0 radical (unpaired) electrons. The second-order valence-electron chi connectivity index (χ2n) is 5.02. The molecule has 20 heavy (non-hydrogen) atoms. The van der Waals surface area contributed by atoms with E-state index in [0.717, 1.165) is 0 Å². The quantitative estimate of drug-likeness (QED) is 0.870. The van der Waals surface area contributed by atoms with E-state index in [9.17, 15) is 4.39 Å². The zero-order valence-electron chi connectivity index (χ0n) is 10.8. The Balaban J connectivity index is 1.97. The van der Waals surface area contributed by atoms with Crippen molar-refractivity contribution < 1.29 is 14.2 Å². The minimum atomic E-state index is -1.57. The molecule has 0 amide bonds. The largest absolute Gasteiger partial charge is 0.394 e. The van der Waals surface area contributed by atoms with Gasteiger partial charge in [0.25, 0.3) is 0 Å². The summed E-state index contributed by atoms with van der Waals surface area (Å²) in [5.74, 6) is 0. The van der Waals surface area contributed by atoms with Crippen LogP contribution in [0.2, 0.25) is 5.15 Å². The molecule has 0 aliphatic carbocycles. The predicted molar refractivity (Wildman–Crippen MR) is 70.3 cm³/mol. The highest BCUT2D eigenvalue weighted by Crippen LogP contribution is 2.38. The SMILES string of the molecule is C[C@@H](n1cnc2c(Cl)ncnc21)[C@]1(F)CO[C@H](CO)C1. The monoisotopic (exact) mass is 300 g/mol. The summed E-state index contributed by atoms with van der Waals surface area (Å²) in [5, 5.41) is 9.31. The molecule has 1 saturated heterocycles. The maximum Gasteiger partial charge on any atom is 0.165 e. The molecule has 1 aliphatic rings. The normalized spacial score (nSPS) is 28.1. The van der Waals surface area contributed by atoms with E-state index in [1.807, 2.05) is 0 Å². The Bertz CT molecular complexity index is 637. The van der Waals surface area contributed by atoms with Gasteiger partial charge in [-0.15, -0.1) is 0 Å². The number of hydrogen-bond donors (Lipinski definition) is 1. The second kappa shape index (κ2) is 4.91. The first-order chi connectivity index (χ1) is 9.55. The van der Waals surface area contributed by atoms with Crippen molar-refractivity contribution in [2.24, 2.45) is 0 Å². The highest BCUT2D eigenvalue weighted by atomic mass is 35.5. The van der Waals surface area contributed by atoms with Gasteiger partial charge in [-0.2, -0.15) is 0 Å². The smallest absolute Gasteiger partial charge is 0.165 e. The molecular weight excluding hydrogens is 287 g/mol. The van der Waals surface area contributed by atoms with Crippen LogP contribution in [-0.2, 0) is 4.74 Å². The van der Waals surface area contributed by atoms with Gasteiger partial charge >= 0.3 is 0 Å². The van der Waals surface area contributed by atoms with Gasteiger partial charge in [-0.3, -0.25) is 0 Å². The van der Waals surface area contributed by atoms with Crippen LogP contribution in [0.15, 0.2) is 12.7 Å². The van der Waals surface area contributed by atoms with Crippen molar-refractivity contribution in [2.75, 3.05) is 13.2 Å². The van der Waals surface area contributed by atoms with E-state index >= 15 is 0 Å². The van der Waals surface area contributed by atoms with Crippen LogP contribution in [0.4, 0.5) is 4.39 Å². The third kappa shape index (κ3) is 2.06. The third-order valence-electron chi connectivity index (χ3n) is 3.81. The molecule has 2 aromatic rings. The Hall–Kier alpha value is -1.31. The zero-order chi connectivity index (χ0) is 14.3. The second-order valence-corrected chi connectivity index (χ2v) is 5.38. The van der Waals surface area contributed by atoms with Crippen molar-refractivity contribution in [1.82, 2.24) is 19.5 Å². The van der Waals surface area contributed by atoms with E-state index in [4.69, 9.17) is 21.4 Å². The highest BCUT2D eigenvalue weighted by molar-refractivity contribution is 6.33. The van der Waals surface area contributed by atoms with Gasteiger partial charge in [0.15, 0.2) is 16.5 Å². The van der Waals surface area contributed by atoms with Crippen LogP contribution in [-0.4, -0.2) is 49.6 Å². The molecule has 0 aromatic carbocycles. The summed E-state index contributed by atoms with van der Waals surface area (Å²) in [6.45, 7) is 1.50. The number of aliphatic hydroxyl groups is 1. The maximum absolute atomic E-state index is 15.0. The molecule has 3 atom stereocenters. The van der Waals surface area contributed by atoms with Crippen LogP contribution in [0.5, 0.6) is 0 Å². The van der Waals surface area contributed by atoms with Crippen molar-refractivity contribution in [3.05, 3.63) is 17.8 Å². The fraction of sp³-hybridized carbons (Fsp3) is 0.583. The molecule has 108 valence electrons. The molecule has 3 rings (SSSR count). The van der Waals surface area contributed by atoms with E-state index < -0.39 is 17.8 Å². The molecule has 8 heteroatoms. The number of aromatic nitrogens is 4. The van der Waals surface area contributed by atoms with Gasteiger partial charge in [0.05, 0.1) is 31.7 Å². The molecule has 0 unspecified atom stereocenters. The first-order valence-corrected chi connectivity index (χ1v) is 6.67. The zero-order valence-corrected chi connectivity index (χ0v) is 11.6. The number of ether oxygens (including phenoxy) is 1. The van der Waals surface area contributed by atoms with Crippen LogP contribution in [0, 0.1) is 0 Å². The first-order valence-electron chi connectivity index (χ1n) is 6.29. The Morgan fingerprint density at radius 1 is 1.60 bits per heavy atom. The fourth-order valence-corrected chi connectivity index (χ4v) is 2.69. The maximum atomic E-state index is 15.0. The number of nitrogens with zero attached hydrogens (tertiary/aromatic N) is 4. The lowest BCUT2D eigenvalue weighted by Crippen LogP contribution is -2.34. The molecule has 0 saturated carbocycles. The summed E-state index contributed by atoms with van der Waals surface area (Å²) < 4.78 is 21.9. The van der Waals surface area contributed by atoms with Gasteiger partial charge in [-0.1, -0.05) is 11.6 Å². The van der Waals surface area contributed by atoms with Gasteiger partial charge in [0, 0.05) is 6.42 Å². The molecule has 3 heterocycles. The average Bonchev–Trinajstić information content (AvgIpc) is 3.03. The van der Waals surface area contributed by atoms with E-state index in [0.29, 0.717) is 11.2 Å². The van der Waals surface area contributed by atoms with Gasteiger partial charge in [0.1, 0.15) is 11.8 Å². The summed E-state index contributed by atoms with van der Waals surface area (Å²) >= 11 is 5.94. The summed E-state index contributed by atoms with van der Waals surface area (Å²) in [6.07, 6.45) is 2.50. The lowest BCUT2D eigenvalue weighted by atomic mass is 9.94.